The highest BCUT2D eigenvalue weighted by atomic mass is 79.9. The van der Waals surface area contributed by atoms with Gasteiger partial charge in [-0.25, -0.2) is 0 Å². The fourth-order valence-electron chi connectivity index (χ4n) is 2.57. The van der Waals surface area contributed by atoms with E-state index in [0.29, 0.717) is 5.92 Å². The highest BCUT2D eigenvalue weighted by molar-refractivity contribution is 9.11. The SMILES string of the molecule is Cc1cc(C(N)C2CCCC2C)sc1Br. The van der Waals surface area contributed by atoms with E-state index in [1.165, 1.54) is 33.5 Å². The summed E-state index contributed by atoms with van der Waals surface area (Å²) in [5, 5.41) is 0. The molecule has 3 atom stereocenters. The van der Waals surface area contributed by atoms with Crippen LogP contribution in [0.25, 0.3) is 0 Å². The molecule has 3 heteroatoms. The van der Waals surface area contributed by atoms with E-state index in [1.807, 2.05) is 0 Å². The van der Waals surface area contributed by atoms with Gasteiger partial charge in [0.2, 0.25) is 0 Å². The molecule has 1 fully saturated rings. The number of nitrogens with two attached hydrogens (primary N) is 1. The topological polar surface area (TPSA) is 26.0 Å². The third-order valence-corrected chi connectivity index (χ3v) is 5.83. The van der Waals surface area contributed by atoms with Crippen LogP contribution in [0.15, 0.2) is 9.85 Å². The Balaban J connectivity index is 2.16. The molecule has 1 aliphatic rings. The van der Waals surface area contributed by atoms with Gasteiger partial charge in [0.05, 0.1) is 3.79 Å². The predicted molar refractivity (Wildman–Crippen MR) is 70.2 cm³/mol. The lowest BCUT2D eigenvalue weighted by Crippen LogP contribution is -2.22. The normalized spacial score (nSPS) is 28.3. The van der Waals surface area contributed by atoms with Crippen molar-refractivity contribution in [2.75, 3.05) is 0 Å². The number of rotatable bonds is 2. The second-order valence-corrected chi connectivity index (χ2v) is 7.10. The summed E-state index contributed by atoms with van der Waals surface area (Å²) < 4.78 is 1.23. The molecule has 15 heavy (non-hydrogen) atoms. The first-order valence-corrected chi connectivity index (χ1v) is 7.22. The molecular formula is C12H18BrNS. The molecule has 2 N–H and O–H groups in total. The van der Waals surface area contributed by atoms with Gasteiger partial charge >= 0.3 is 0 Å². The maximum absolute atomic E-state index is 6.36. The average Bonchev–Trinajstić information content (AvgIpc) is 2.74. The molecule has 1 aromatic rings. The number of thiophene rings is 1. The Morgan fingerprint density at radius 1 is 1.53 bits per heavy atom. The van der Waals surface area contributed by atoms with Crippen LogP contribution in [0.2, 0.25) is 0 Å². The molecule has 2 rings (SSSR count). The average molecular weight is 288 g/mol. The zero-order valence-electron chi connectivity index (χ0n) is 9.29. The first-order valence-electron chi connectivity index (χ1n) is 5.61. The maximum atomic E-state index is 6.36. The Kier molecular flexibility index (Phi) is 3.53. The second-order valence-electron chi connectivity index (χ2n) is 4.70. The van der Waals surface area contributed by atoms with Crippen molar-refractivity contribution >= 4 is 27.3 Å². The van der Waals surface area contributed by atoms with Gasteiger partial charge in [0.15, 0.2) is 0 Å². The highest BCUT2D eigenvalue weighted by Crippen LogP contribution is 2.42. The van der Waals surface area contributed by atoms with Crippen molar-refractivity contribution in [2.24, 2.45) is 17.6 Å². The van der Waals surface area contributed by atoms with Crippen LogP contribution in [-0.4, -0.2) is 0 Å². The third-order valence-electron chi connectivity index (χ3n) is 3.59. The molecule has 1 aromatic heterocycles. The molecule has 3 unspecified atom stereocenters. The molecule has 0 saturated heterocycles. The van der Waals surface area contributed by atoms with Crippen LogP contribution >= 0.6 is 27.3 Å². The lowest BCUT2D eigenvalue weighted by molar-refractivity contribution is 0.354. The summed E-state index contributed by atoms with van der Waals surface area (Å²) in [7, 11) is 0. The Labute approximate surface area is 104 Å². The van der Waals surface area contributed by atoms with Crippen molar-refractivity contribution in [3.8, 4) is 0 Å². The molecule has 1 saturated carbocycles. The smallest absolute Gasteiger partial charge is 0.0731 e. The van der Waals surface area contributed by atoms with E-state index in [9.17, 15) is 0 Å². The van der Waals surface area contributed by atoms with E-state index < -0.39 is 0 Å². The Hall–Kier alpha value is 0.140. The molecule has 1 nitrogen and oxygen atoms in total. The molecule has 0 aromatic carbocycles. The summed E-state index contributed by atoms with van der Waals surface area (Å²) in [5.74, 6) is 1.48. The van der Waals surface area contributed by atoms with Gasteiger partial charge in [0, 0.05) is 10.9 Å². The summed E-state index contributed by atoms with van der Waals surface area (Å²) in [4.78, 5) is 1.35. The number of aryl methyl sites for hydroxylation is 1. The van der Waals surface area contributed by atoms with E-state index in [2.05, 4.69) is 35.8 Å². The van der Waals surface area contributed by atoms with Gasteiger partial charge in [-0.05, 0) is 52.7 Å². The van der Waals surface area contributed by atoms with Gasteiger partial charge in [-0.1, -0.05) is 19.8 Å². The van der Waals surface area contributed by atoms with Crippen molar-refractivity contribution in [3.05, 3.63) is 20.3 Å². The molecule has 0 radical (unpaired) electrons. The Morgan fingerprint density at radius 2 is 2.27 bits per heavy atom. The van der Waals surface area contributed by atoms with Crippen LogP contribution in [0.5, 0.6) is 0 Å². The van der Waals surface area contributed by atoms with E-state index in [-0.39, 0.29) is 6.04 Å². The standard InChI is InChI=1S/C12H18BrNS/c1-7-4-3-5-9(7)11(14)10-6-8(2)12(13)15-10/h6-7,9,11H,3-5,14H2,1-2H3. The summed E-state index contributed by atoms with van der Waals surface area (Å²) in [6.07, 6.45) is 4.01. The molecular weight excluding hydrogens is 270 g/mol. The number of hydrogen-bond acceptors (Lipinski definition) is 2. The van der Waals surface area contributed by atoms with Gasteiger partial charge in [0.1, 0.15) is 0 Å². The molecule has 1 aliphatic carbocycles. The quantitative estimate of drug-likeness (QED) is 0.864. The van der Waals surface area contributed by atoms with Crippen molar-refractivity contribution in [1.29, 1.82) is 0 Å². The molecule has 84 valence electrons. The maximum Gasteiger partial charge on any atom is 0.0731 e. The van der Waals surface area contributed by atoms with Gasteiger partial charge in [-0.2, -0.15) is 0 Å². The van der Waals surface area contributed by atoms with Crippen LogP contribution in [0.1, 0.15) is 42.7 Å². The van der Waals surface area contributed by atoms with Crippen molar-refractivity contribution in [2.45, 2.75) is 39.2 Å². The van der Waals surface area contributed by atoms with E-state index in [1.54, 1.807) is 11.3 Å². The van der Waals surface area contributed by atoms with Gasteiger partial charge in [0.25, 0.3) is 0 Å². The molecule has 0 aliphatic heterocycles. The number of halogens is 1. The van der Waals surface area contributed by atoms with E-state index in [0.717, 1.165) is 5.92 Å². The van der Waals surface area contributed by atoms with E-state index >= 15 is 0 Å². The Morgan fingerprint density at radius 3 is 2.73 bits per heavy atom. The first-order chi connectivity index (χ1) is 7.09. The second kappa shape index (κ2) is 4.56. The number of hydrogen-bond donors (Lipinski definition) is 1. The van der Waals surface area contributed by atoms with Crippen LogP contribution in [0.4, 0.5) is 0 Å². The minimum Gasteiger partial charge on any atom is -0.323 e. The molecule has 0 bridgehead atoms. The third kappa shape index (κ3) is 2.29. The van der Waals surface area contributed by atoms with Crippen LogP contribution in [-0.2, 0) is 0 Å². The Bertz CT molecular complexity index is 328. The zero-order valence-corrected chi connectivity index (χ0v) is 11.7. The van der Waals surface area contributed by atoms with Crippen LogP contribution < -0.4 is 5.73 Å². The minimum atomic E-state index is 0.248. The highest BCUT2D eigenvalue weighted by Gasteiger charge is 2.30. The predicted octanol–water partition coefficient (Wildman–Crippen LogP) is 4.26. The van der Waals surface area contributed by atoms with Crippen molar-refractivity contribution < 1.29 is 0 Å². The molecule has 0 amide bonds. The largest absolute Gasteiger partial charge is 0.323 e. The fraction of sp³-hybridized carbons (Fsp3) is 0.667. The minimum absolute atomic E-state index is 0.248. The summed E-state index contributed by atoms with van der Waals surface area (Å²) in [6, 6.07) is 2.49. The van der Waals surface area contributed by atoms with Crippen molar-refractivity contribution in [1.82, 2.24) is 0 Å². The molecule has 1 heterocycles. The summed E-state index contributed by atoms with van der Waals surface area (Å²) in [5.41, 5.74) is 7.68. The van der Waals surface area contributed by atoms with Crippen LogP contribution in [0, 0.1) is 18.8 Å². The lowest BCUT2D eigenvalue weighted by Gasteiger charge is -2.22. The first kappa shape index (κ1) is 11.6. The van der Waals surface area contributed by atoms with E-state index in [4.69, 9.17) is 5.73 Å². The van der Waals surface area contributed by atoms with Gasteiger partial charge in [-0.15, -0.1) is 11.3 Å². The zero-order chi connectivity index (χ0) is 11.0. The van der Waals surface area contributed by atoms with Gasteiger partial charge in [-0.3, -0.25) is 0 Å². The summed E-state index contributed by atoms with van der Waals surface area (Å²) in [6.45, 7) is 4.47. The summed E-state index contributed by atoms with van der Waals surface area (Å²) >= 11 is 5.37. The fourth-order valence-corrected chi connectivity index (χ4v) is 4.22. The van der Waals surface area contributed by atoms with Gasteiger partial charge < -0.3 is 5.73 Å². The van der Waals surface area contributed by atoms with Crippen molar-refractivity contribution in [3.63, 3.8) is 0 Å². The molecule has 0 spiro atoms. The van der Waals surface area contributed by atoms with Crippen LogP contribution in [0.3, 0.4) is 0 Å². The monoisotopic (exact) mass is 287 g/mol. The lowest BCUT2D eigenvalue weighted by atomic mass is 9.90.